The zero-order valence-corrected chi connectivity index (χ0v) is 12.4. The summed E-state index contributed by atoms with van der Waals surface area (Å²) in [7, 11) is 0. The SMILES string of the molecule is CCC(C)(NC(=O)C(C)Oc1cccc(Cl)c1)C(=O)O. The highest BCUT2D eigenvalue weighted by atomic mass is 35.5. The Kier molecular flexibility index (Phi) is 5.39. The zero-order chi connectivity index (χ0) is 15.3. The number of rotatable bonds is 6. The molecule has 1 rings (SSSR count). The van der Waals surface area contributed by atoms with Gasteiger partial charge in [-0.1, -0.05) is 24.6 Å². The molecule has 0 aliphatic carbocycles. The van der Waals surface area contributed by atoms with Gasteiger partial charge in [-0.2, -0.15) is 0 Å². The van der Waals surface area contributed by atoms with Gasteiger partial charge in [-0.25, -0.2) is 4.79 Å². The van der Waals surface area contributed by atoms with E-state index in [1.807, 2.05) is 0 Å². The Morgan fingerprint density at radius 3 is 2.65 bits per heavy atom. The van der Waals surface area contributed by atoms with Gasteiger partial charge in [0.1, 0.15) is 11.3 Å². The Hall–Kier alpha value is -1.75. The van der Waals surface area contributed by atoms with E-state index in [2.05, 4.69) is 5.32 Å². The summed E-state index contributed by atoms with van der Waals surface area (Å²) in [6, 6.07) is 6.65. The van der Waals surface area contributed by atoms with Gasteiger partial charge in [-0.3, -0.25) is 4.79 Å². The van der Waals surface area contributed by atoms with Crippen LogP contribution in [0.4, 0.5) is 0 Å². The van der Waals surface area contributed by atoms with E-state index >= 15 is 0 Å². The van der Waals surface area contributed by atoms with Crippen molar-refractivity contribution in [3.8, 4) is 5.75 Å². The number of carbonyl (C=O) groups is 2. The minimum Gasteiger partial charge on any atom is -0.481 e. The molecule has 0 aliphatic heterocycles. The standard InChI is InChI=1S/C14H18ClNO4/c1-4-14(3,13(18)19)16-12(17)9(2)20-11-7-5-6-10(15)8-11/h5-9H,4H2,1-3H3,(H,16,17)(H,18,19). The van der Waals surface area contributed by atoms with Crippen LogP contribution in [0.25, 0.3) is 0 Å². The van der Waals surface area contributed by atoms with Crippen LogP contribution in [0.1, 0.15) is 27.2 Å². The Bertz CT molecular complexity index is 506. The first-order valence-corrected chi connectivity index (χ1v) is 6.64. The summed E-state index contributed by atoms with van der Waals surface area (Å²) in [5.41, 5.74) is -1.30. The third kappa shape index (κ3) is 4.13. The van der Waals surface area contributed by atoms with E-state index in [9.17, 15) is 9.59 Å². The molecule has 0 spiro atoms. The predicted molar refractivity (Wildman–Crippen MR) is 76.0 cm³/mol. The Morgan fingerprint density at radius 1 is 1.50 bits per heavy atom. The lowest BCUT2D eigenvalue weighted by atomic mass is 9.99. The monoisotopic (exact) mass is 299 g/mol. The number of hydrogen-bond donors (Lipinski definition) is 2. The van der Waals surface area contributed by atoms with Gasteiger partial charge in [0, 0.05) is 5.02 Å². The highest BCUT2D eigenvalue weighted by molar-refractivity contribution is 6.30. The van der Waals surface area contributed by atoms with Crippen LogP contribution in [-0.2, 0) is 9.59 Å². The number of carbonyl (C=O) groups excluding carboxylic acids is 1. The molecule has 0 saturated heterocycles. The van der Waals surface area contributed by atoms with Crippen molar-refractivity contribution in [2.24, 2.45) is 0 Å². The topological polar surface area (TPSA) is 75.6 Å². The minimum atomic E-state index is -1.30. The molecule has 6 heteroatoms. The minimum absolute atomic E-state index is 0.276. The van der Waals surface area contributed by atoms with Gasteiger partial charge in [-0.05, 0) is 38.5 Å². The van der Waals surface area contributed by atoms with Crippen LogP contribution in [0, 0.1) is 0 Å². The maximum atomic E-state index is 12.0. The molecule has 20 heavy (non-hydrogen) atoms. The first kappa shape index (κ1) is 16.3. The lowest BCUT2D eigenvalue weighted by Gasteiger charge is -2.26. The van der Waals surface area contributed by atoms with Crippen molar-refractivity contribution in [2.45, 2.75) is 38.8 Å². The fourth-order valence-corrected chi connectivity index (χ4v) is 1.64. The van der Waals surface area contributed by atoms with Crippen LogP contribution in [-0.4, -0.2) is 28.6 Å². The van der Waals surface area contributed by atoms with Crippen molar-refractivity contribution in [3.05, 3.63) is 29.3 Å². The second kappa shape index (κ2) is 6.61. The largest absolute Gasteiger partial charge is 0.481 e. The summed E-state index contributed by atoms with van der Waals surface area (Å²) in [4.78, 5) is 23.1. The van der Waals surface area contributed by atoms with Crippen LogP contribution < -0.4 is 10.1 Å². The second-order valence-corrected chi connectivity index (χ2v) is 5.13. The highest BCUT2D eigenvalue weighted by Crippen LogP contribution is 2.18. The van der Waals surface area contributed by atoms with E-state index in [1.54, 1.807) is 38.1 Å². The molecule has 0 aliphatic rings. The number of benzene rings is 1. The molecule has 5 nitrogen and oxygen atoms in total. The summed E-state index contributed by atoms with van der Waals surface area (Å²) >= 11 is 5.82. The van der Waals surface area contributed by atoms with Crippen LogP contribution in [0.15, 0.2) is 24.3 Å². The average Bonchev–Trinajstić information content (AvgIpc) is 2.38. The van der Waals surface area contributed by atoms with Gasteiger partial charge in [-0.15, -0.1) is 0 Å². The number of halogens is 1. The maximum Gasteiger partial charge on any atom is 0.329 e. The van der Waals surface area contributed by atoms with Gasteiger partial charge in [0.05, 0.1) is 0 Å². The van der Waals surface area contributed by atoms with E-state index in [0.717, 1.165) is 0 Å². The average molecular weight is 300 g/mol. The maximum absolute atomic E-state index is 12.0. The van der Waals surface area contributed by atoms with Gasteiger partial charge < -0.3 is 15.2 Å². The van der Waals surface area contributed by atoms with Crippen molar-refractivity contribution in [2.75, 3.05) is 0 Å². The van der Waals surface area contributed by atoms with Crippen molar-refractivity contribution >= 4 is 23.5 Å². The van der Waals surface area contributed by atoms with Gasteiger partial charge >= 0.3 is 5.97 Å². The summed E-state index contributed by atoms with van der Waals surface area (Å²) < 4.78 is 5.44. The van der Waals surface area contributed by atoms with Crippen molar-refractivity contribution < 1.29 is 19.4 Å². The number of carboxylic acid groups (broad SMARTS) is 1. The normalized spacial score (nSPS) is 15.0. The van der Waals surface area contributed by atoms with Crippen molar-refractivity contribution in [1.82, 2.24) is 5.32 Å². The van der Waals surface area contributed by atoms with Crippen LogP contribution in [0.2, 0.25) is 5.02 Å². The van der Waals surface area contributed by atoms with E-state index in [0.29, 0.717) is 10.8 Å². The lowest BCUT2D eigenvalue weighted by molar-refractivity contribution is -0.148. The van der Waals surface area contributed by atoms with Crippen LogP contribution in [0.3, 0.4) is 0 Å². The molecular formula is C14H18ClNO4. The molecule has 0 heterocycles. The number of carboxylic acids is 1. The Balaban J connectivity index is 2.70. The number of hydrogen-bond acceptors (Lipinski definition) is 3. The molecule has 0 bridgehead atoms. The fraction of sp³-hybridized carbons (Fsp3) is 0.429. The third-order valence-electron chi connectivity index (χ3n) is 3.06. The molecule has 1 aromatic rings. The molecule has 0 saturated carbocycles. The molecule has 110 valence electrons. The number of nitrogens with one attached hydrogen (secondary N) is 1. The summed E-state index contributed by atoms with van der Waals surface area (Å²) in [5, 5.41) is 12.1. The Morgan fingerprint density at radius 2 is 2.15 bits per heavy atom. The molecule has 2 atom stereocenters. The molecule has 2 unspecified atom stereocenters. The molecule has 0 fully saturated rings. The second-order valence-electron chi connectivity index (χ2n) is 4.70. The zero-order valence-electron chi connectivity index (χ0n) is 11.6. The van der Waals surface area contributed by atoms with Crippen molar-refractivity contribution in [3.63, 3.8) is 0 Å². The predicted octanol–water partition coefficient (Wildman–Crippen LogP) is 2.48. The first-order chi connectivity index (χ1) is 9.28. The van der Waals surface area contributed by atoms with E-state index in [-0.39, 0.29) is 6.42 Å². The molecular weight excluding hydrogens is 282 g/mol. The first-order valence-electron chi connectivity index (χ1n) is 6.26. The molecule has 0 radical (unpaired) electrons. The smallest absolute Gasteiger partial charge is 0.329 e. The third-order valence-corrected chi connectivity index (χ3v) is 3.29. The summed E-state index contributed by atoms with van der Waals surface area (Å²) in [6.07, 6.45) is -0.545. The number of ether oxygens (including phenoxy) is 1. The van der Waals surface area contributed by atoms with Gasteiger partial charge in [0.25, 0.3) is 5.91 Å². The Labute approximate surface area is 122 Å². The van der Waals surface area contributed by atoms with Crippen molar-refractivity contribution in [1.29, 1.82) is 0 Å². The summed E-state index contributed by atoms with van der Waals surface area (Å²) in [5.74, 6) is -1.12. The molecule has 0 aromatic heterocycles. The quantitative estimate of drug-likeness (QED) is 0.846. The van der Waals surface area contributed by atoms with E-state index < -0.39 is 23.5 Å². The van der Waals surface area contributed by atoms with E-state index in [4.69, 9.17) is 21.4 Å². The summed E-state index contributed by atoms with van der Waals surface area (Å²) in [6.45, 7) is 4.70. The van der Waals surface area contributed by atoms with Gasteiger partial charge in [0.2, 0.25) is 0 Å². The number of aliphatic carboxylic acids is 1. The fourth-order valence-electron chi connectivity index (χ4n) is 1.46. The lowest BCUT2D eigenvalue weighted by Crippen LogP contribution is -2.54. The highest BCUT2D eigenvalue weighted by Gasteiger charge is 2.34. The molecule has 1 amide bonds. The van der Waals surface area contributed by atoms with Crippen LogP contribution in [0.5, 0.6) is 5.75 Å². The van der Waals surface area contributed by atoms with Gasteiger partial charge in [0.15, 0.2) is 6.10 Å². The number of amides is 1. The van der Waals surface area contributed by atoms with E-state index in [1.165, 1.54) is 6.92 Å². The molecule has 2 N–H and O–H groups in total. The molecule has 1 aromatic carbocycles. The van der Waals surface area contributed by atoms with Crippen LogP contribution >= 0.6 is 11.6 Å².